The third-order valence-corrected chi connectivity index (χ3v) is 4.87. The normalized spacial score (nSPS) is 16.3. The lowest BCUT2D eigenvalue weighted by atomic mass is 10.1. The van der Waals surface area contributed by atoms with Crippen LogP contribution < -0.4 is 4.74 Å². The van der Waals surface area contributed by atoms with Crippen LogP contribution in [-0.2, 0) is 11.3 Å². The number of pyridine rings is 1. The van der Waals surface area contributed by atoms with E-state index in [2.05, 4.69) is 47.3 Å². The lowest BCUT2D eigenvalue weighted by Crippen LogP contribution is -2.28. The second-order valence-electron chi connectivity index (χ2n) is 6.77. The monoisotopic (exact) mass is 340 g/mol. The first kappa shape index (κ1) is 17.9. The first-order chi connectivity index (χ1) is 12.3. The van der Waals surface area contributed by atoms with Gasteiger partial charge < -0.3 is 9.47 Å². The van der Waals surface area contributed by atoms with Crippen LogP contribution in [0.25, 0.3) is 0 Å². The zero-order valence-electron chi connectivity index (χ0n) is 15.2. The quantitative estimate of drug-likeness (QED) is 0.720. The van der Waals surface area contributed by atoms with E-state index < -0.39 is 0 Å². The van der Waals surface area contributed by atoms with Crippen molar-refractivity contribution in [3.05, 3.63) is 59.9 Å². The number of methoxy groups -OCH3 is 1. The third-order valence-electron chi connectivity index (χ3n) is 4.87. The molecule has 4 nitrogen and oxygen atoms in total. The second-order valence-corrected chi connectivity index (χ2v) is 6.77. The average molecular weight is 340 g/mol. The zero-order valence-corrected chi connectivity index (χ0v) is 15.2. The van der Waals surface area contributed by atoms with Gasteiger partial charge in [0.2, 0.25) is 0 Å². The molecule has 0 spiro atoms. The summed E-state index contributed by atoms with van der Waals surface area (Å²) in [5, 5.41) is 0. The van der Waals surface area contributed by atoms with Gasteiger partial charge in [-0.1, -0.05) is 24.3 Å². The molecule has 0 saturated heterocycles. The fourth-order valence-corrected chi connectivity index (χ4v) is 3.48. The molecule has 3 rings (SSSR count). The van der Waals surface area contributed by atoms with Crippen LogP contribution in [0.3, 0.4) is 0 Å². The van der Waals surface area contributed by atoms with Gasteiger partial charge in [-0.2, -0.15) is 0 Å². The van der Waals surface area contributed by atoms with E-state index in [-0.39, 0.29) is 6.04 Å². The molecule has 1 aliphatic carbocycles. The van der Waals surface area contributed by atoms with Crippen molar-refractivity contribution in [3.63, 3.8) is 0 Å². The van der Waals surface area contributed by atoms with Gasteiger partial charge in [0.25, 0.3) is 0 Å². The molecule has 134 valence electrons. The van der Waals surface area contributed by atoms with E-state index in [0.717, 1.165) is 18.0 Å². The summed E-state index contributed by atoms with van der Waals surface area (Å²) in [7, 11) is 3.85. The molecule has 1 atom stereocenters. The van der Waals surface area contributed by atoms with Crippen LogP contribution in [-0.4, -0.2) is 36.8 Å². The van der Waals surface area contributed by atoms with Gasteiger partial charge in [-0.3, -0.25) is 9.88 Å². The molecule has 2 aromatic rings. The molecule has 0 amide bonds. The van der Waals surface area contributed by atoms with Crippen LogP contribution in [0, 0.1) is 0 Å². The van der Waals surface area contributed by atoms with Crippen LogP contribution in [0.1, 0.15) is 43.0 Å². The predicted octanol–water partition coefficient (Wildman–Crippen LogP) is 4.22. The minimum Gasteiger partial charge on any atom is -0.490 e. The Kier molecular flexibility index (Phi) is 6.42. The van der Waals surface area contributed by atoms with E-state index in [4.69, 9.17) is 9.47 Å². The number of para-hydroxylation sites is 1. The molecular weight excluding hydrogens is 312 g/mol. The van der Waals surface area contributed by atoms with Crippen LogP contribution in [0.5, 0.6) is 5.75 Å². The Bertz CT molecular complexity index is 641. The van der Waals surface area contributed by atoms with E-state index in [9.17, 15) is 0 Å². The van der Waals surface area contributed by atoms with Crippen molar-refractivity contribution in [3.8, 4) is 5.75 Å². The number of rotatable bonds is 8. The highest BCUT2D eigenvalue weighted by Gasteiger charge is 2.21. The number of hydrogen-bond acceptors (Lipinski definition) is 4. The van der Waals surface area contributed by atoms with Gasteiger partial charge in [-0.05, 0) is 50.9 Å². The maximum Gasteiger partial charge on any atom is 0.124 e. The lowest BCUT2D eigenvalue weighted by Gasteiger charge is -2.28. The van der Waals surface area contributed by atoms with Gasteiger partial charge in [0.15, 0.2) is 0 Å². The highest BCUT2D eigenvalue weighted by atomic mass is 16.5. The molecule has 1 saturated carbocycles. The number of ether oxygens (including phenoxy) is 2. The van der Waals surface area contributed by atoms with Crippen molar-refractivity contribution in [2.45, 2.75) is 44.4 Å². The zero-order chi connectivity index (χ0) is 17.5. The summed E-state index contributed by atoms with van der Waals surface area (Å²) in [6.45, 7) is 1.41. The summed E-state index contributed by atoms with van der Waals surface area (Å²) in [4.78, 5) is 6.79. The van der Waals surface area contributed by atoms with E-state index in [1.165, 1.54) is 31.2 Å². The van der Waals surface area contributed by atoms with Crippen molar-refractivity contribution in [1.29, 1.82) is 0 Å². The molecule has 0 N–H and O–H groups in total. The summed E-state index contributed by atoms with van der Waals surface area (Å²) >= 11 is 0. The summed E-state index contributed by atoms with van der Waals surface area (Å²) in [5.41, 5.74) is 2.25. The summed E-state index contributed by atoms with van der Waals surface area (Å²) in [6, 6.07) is 14.5. The SMILES string of the molecule is COCC(c1ccccn1)N(C)Cc1ccccc1OC1CCCC1. The van der Waals surface area contributed by atoms with Crippen molar-refractivity contribution >= 4 is 0 Å². The Balaban J connectivity index is 1.73. The molecule has 4 heteroatoms. The van der Waals surface area contributed by atoms with Crippen molar-refractivity contribution in [1.82, 2.24) is 9.88 Å². The highest BCUT2D eigenvalue weighted by molar-refractivity contribution is 5.33. The first-order valence-corrected chi connectivity index (χ1v) is 9.12. The minimum atomic E-state index is 0.116. The van der Waals surface area contributed by atoms with E-state index in [0.29, 0.717) is 12.7 Å². The summed E-state index contributed by atoms with van der Waals surface area (Å²) in [5.74, 6) is 1.01. The Morgan fingerprint density at radius 2 is 1.88 bits per heavy atom. The van der Waals surface area contributed by atoms with Gasteiger partial charge in [0.05, 0.1) is 24.4 Å². The maximum absolute atomic E-state index is 6.28. The maximum atomic E-state index is 6.28. The molecule has 1 aromatic carbocycles. The Morgan fingerprint density at radius 3 is 2.60 bits per heavy atom. The van der Waals surface area contributed by atoms with Gasteiger partial charge in [-0.15, -0.1) is 0 Å². The van der Waals surface area contributed by atoms with E-state index >= 15 is 0 Å². The Labute approximate surface area is 150 Å². The molecule has 1 aliphatic rings. The Morgan fingerprint density at radius 1 is 1.12 bits per heavy atom. The summed E-state index contributed by atoms with van der Waals surface area (Å²) in [6.07, 6.45) is 7.11. The molecule has 0 radical (unpaired) electrons. The largest absolute Gasteiger partial charge is 0.490 e. The van der Waals surface area contributed by atoms with Crippen LogP contribution in [0.15, 0.2) is 48.7 Å². The van der Waals surface area contributed by atoms with Gasteiger partial charge >= 0.3 is 0 Å². The van der Waals surface area contributed by atoms with Gasteiger partial charge in [0.1, 0.15) is 5.75 Å². The smallest absolute Gasteiger partial charge is 0.124 e. The number of likely N-dealkylation sites (N-methyl/N-ethyl adjacent to an activating group) is 1. The molecule has 0 aliphatic heterocycles. The van der Waals surface area contributed by atoms with E-state index in [1.54, 1.807) is 7.11 Å². The molecule has 1 fully saturated rings. The highest BCUT2D eigenvalue weighted by Crippen LogP contribution is 2.29. The fraction of sp³-hybridized carbons (Fsp3) is 0.476. The van der Waals surface area contributed by atoms with Crippen LogP contribution in [0.2, 0.25) is 0 Å². The molecule has 1 unspecified atom stereocenters. The molecule has 0 bridgehead atoms. The van der Waals surface area contributed by atoms with Crippen LogP contribution in [0.4, 0.5) is 0 Å². The summed E-state index contributed by atoms with van der Waals surface area (Å²) < 4.78 is 11.7. The predicted molar refractivity (Wildman–Crippen MR) is 99.6 cm³/mol. The van der Waals surface area contributed by atoms with E-state index in [1.807, 2.05) is 18.3 Å². The molecular formula is C21H28N2O2. The number of aromatic nitrogens is 1. The van der Waals surface area contributed by atoms with Crippen LogP contribution >= 0.6 is 0 Å². The fourth-order valence-electron chi connectivity index (χ4n) is 3.48. The number of benzene rings is 1. The average Bonchev–Trinajstić information content (AvgIpc) is 3.15. The molecule has 25 heavy (non-hydrogen) atoms. The second kappa shape index (κ2) is 8.97. The van der Waals surface area contributed by atoms with Crippen molar-refractivity contribution in [2.75, 3.05) is 20.8 Å². The van der Waals surface area contributed by atoms with Gasteiger partial charge in [-0.25, -0.2) is 0 Å². The topological polar surface area (TPSA) is 34.6 Å². The van der Waals surface area contributed by atoms with Gasteiger partial charge in [0, 0.05) is 25.4 Å². The molecule has 1 aromatic heterocycles. The van der Waals surface area contributed by atoms with Crippen molar-refractivity contribution < 1.29 is 9.47 Å². The lowest BCUT2D eigenvalue weighted by molar-refractivity contribution is 0.0987. The first-order valence-electron chi connectivity index (χ1n) is 9.12. The third kappa shape index (κ3) is 4.80. The van der Waals surface area contributed by atoms with Crippen molar-refractivity contribution in [2.24, 2.45) is 0 Å². The molecule has 1 heterocycles. The standard InChI is InChI=1S/C21H28N2O2/c1-23(20(16-24-2)19-12-7-8-14-22-19)15-17-9-3-6-13-21(17)25-18-10-4-5-11-18/h3,6-9,12-14,18,20H,4-5,10-11,15-16H2,1-2H3. The Hall–Kier alpha value is -1.91. The number of hydrogen-bond donors (Lipinski definition) is 0. The minimum absolute atomic E-state index is 0.116. The number of nitrogens with zero attached hydrogens (tertiary/aromatic N) is 2.